The molecule has 0 radical (unpaired) electrons. The zero-order valence-corrected chi connectivity index (χ0v) is 9.23. The molecule has 1 aromatic rings. The van der Waals surface area contributed by atoms with E-state index in [1.807, 2.05) is 0 Å². The molecule has 102 valence electrons. The molecular formula is C11H5F5O3. The van der Waals surface area contributed by atoms with E-state index in [1.54, 1.807) is 0 Å². The van der Waals surface area contributed by atoms with Crippen LogP contribution >= 0.6 is 0 Å². The Morgan fingerprint density at radius 2 is 1.26 bits per heavy atom. The SMILES string of the molecule is CC(=O)C(=Cc1c(F)c(F)c(F)c(F)c1F)C(=O)O. The lowest BCUT2D eigenvalue weighted by molar-refractivity contribution is -0.134. The molecule has 0 saturated carbocycles. The van der Waals surface area contributed by atoms with Crippen molar-refractivity contribution >= 4 is 17.8 Å². The van der Waals surface area contributed by atoms with Crippen LogP contribution in [-0.2, 0) is 9.59 Å². The molecular weight excluding hydrogens is 275 g/mol. The van der Waals surface area contributed by atoms with E-state index in [0.29, 0.717) is 0 Å². The second-order valence-electron chi connectivity index (χ2n) is 3.40. The monoisotopic (exact) mass is 280 g/mol. The van der Waals surface area contributed by atoms with Crippen LogP contribution in [0.4, 0.5) is 22.0 Å². The first-order valence-corrected chi connectivity index (χ1v) is 4.65. The Labute approximate surface area is 103 Å². The van der Waals surface area contributed by atoms with Gasteiger partial charge in [0.25, 0.3) is 0 Å². The van der Waals surface area contributed by atoms with Gasteiger partial charge in [0.1, 0.15) is 5.57 Å². The Hall–Kier alpha value is -2.25. The molecule has 0 aliphatic rings. The molecule has 0 spiro atoms. The number of Topliss-reactive ketones (excluding diaryl/α,β-unsaturated/α-hetero) is 1. The minimum atomic E-state index is -2.37. The Morgan fingerprint density at radius 1 is 0.895 bits per heavy atom. The molecule has 0 fully saturated rings. The molecule has 0 aromatic heterocycles. The van der Waals surface area contributed by atoms with Crippen LogP contribution in [0.1, 0.15) is 12.5 Å². The summed E-state index contributed by atoms with van der Waals surface area (Å²) in [5.41, 5.74) is -2.59. The van der Waals surface area contributed by atoms with Crippen LogP contribution in [0.2, 0.25) is 0 Å². The predicted molar refractivity (Wildman–Crippen MR) is 52.5 cm³/mol. The summed E-state index contributed by atoms with van der Waals surface area (Å²) in [6, 6.07) is 0. The molecule has 0 unspecified atom stereocenters. The molecule has 1 rings (SSSR count). The fourth-order valence-corrected chi connectivity index (χ4v) is 1.21. The van der Waals surface area contributed by atoms with Gasteiger partial charge >= 0.3 is 5.97 Å². The van der Waals surface area contributed by atoms with Crippen molar-refractivity contribution < 1.29 is 36.6 Å². The number of halogens is 5. The van der Waals surface area contributed by atoms with Gasteiger partial charge < -0.3 is 5.11 Å². The van der Waals surface area contributed by atoms with Crippen LogP contribution in [0, 0.1) is 29.1 Å². The molecule has 19 heavy (non-hydrogen) atoms. The van der Waals surface area contributed by atoms with Gasteiger partial charge in [0.05, 0.1) is 5.56 Å². The van der Waals surface area contributed by atoms with Gasteiger partial charge in [-0.1, -0.05) is 0 Å². The predicted octanol–water partition coefficient (Wildman–Crippen LogP) is 2.44. The van der Waals surface area contributed by atoms with Gasteiger partial charge in [-0.15, -0.1) is 0 Å². The Bertz CT molecular complexity index is 562. The molecule has 0 amide bonds. The van der Waals surface area contributed by atoms with Crippen molar-refractivity contribution in [1.82, 2.24) is 0 Å². The van der Waals surface area contributed by atoms with Gasteiger partial charge in [-0.2, -0.15) is 0 Å². The van der Waals surface area contributed by atoms with Crippen LogP contribution in [-0.4, -0.2) is 16.9 Å². The number of carbonyl (C=O) groups is 2. The second-order valence-corrected chi connectivity index (χ2v) is 3.40. The zero-order chi connectivity index (χ0) is 14.9. The number of carboxylic acid groups (broad SMARTS) is 1. The first-order chi connectivity index (χ1) is 8.68. The van der Waals surface area contributed by atoms with Crippen molar-refractivity contribution in [3.63, 3.8) is 0 Å². The number of aliphatic carboxylic acids is 1. The maximum atomic E-state index is 13.2. The number of carboxylic acids is 1. The van der Waals surface area contributed by atoms with Gasteiger partial charge in [0.2, 0.25) is 5.82 Å². The number of hydrogen-bond donors (Lipinski definition) is 1. The summed E-state index contributed by atoms with van der Waals surface area (Å²) in [5.74, 6) is -14.2. The quantitative estimate of drug-likeness (QED) is 0.231. The molecule has 1 aromatic carbocycles. The van der Waals surface area contributed by atoms with E-state index < -0.39 is 52.0 Å². The van der Waals surface area contributed by atoms with Crippen LogP contribution in [0.5, 0.6) is 0 Å². The van der Waals surface area contributed by atoms with Gasteiger partial charge in [-0.25, -0.2) is 26.7 Å². The third kappa shape index (κ3) is 2.61. The molecule has 8 heteroatoms. The highest BCUT2D eigenvalue weighted by Gasteiger charge is 2.26. The Balaban J connectivity index is 3.65. The lowest BCUT2D eigenvalue weighted by atomic mass is 10.1. The summed E-state index contributed by atoms with van der Waals surface area (Å²) in [6.45, 7) is 0.770. The zero-order valence-electron chi connectivity index (χ0n) is 9.23. The van der Waals surface area contributed by atoms with E-state index in [-0.39, 0.29) is 6.08 Å². The maximum Gasteiger partial charge on any atom is 0.339 e. The summed E-state index contributed by atoms with van der Waals surface area (Å²) in [6.07, 6.45) is 0.0981. The largest absolute Gasteiger partial charge is 0.478 e. The van der Waals surface area contributed by atoms with E-state index in [4.69, 9.17) is 5.11 Å². The van der Waals surface area contributed by atoms with Gasteiger partial charge in [0, 0.05) is 0 Å². The van der Waals surface area contributed by atoms with E-state index in [0.717, 1.165) is 6.92 Å². The lowest BCUT2D eigenvalue weighted by Gasteiger charge is -2.05. The first-order valence-electron chi connectivity index (χ1n) is 4.65. The van der Waals surface area contributed by atoms with E-state index in [9.17, 15) is 31.5 Å². The maximum absolute atomic E-state index is 13.2. The highest BCUT2D eigenvalue weighted by Crippen LogP contribution is 2.25. The van der Waals surface area contributed by atoms with E-state index >= 15 is 0 Å². The summed E-state index contributed by atoms with van der Waals surface area (Å²) >= 11 is 0. The Morgan fingerprint density at radius 3 is 1.58 bits per heavy atom. The fraction of sp³-hybridized carbons (Fsp3) is 0.0909. The van der Waals surface area contributed by atoms with Crippen molar-refractivity contribution in [2.24, 2.45) is 0 Å². The highest BCUT2D eigenvalue weighted by molar-refractivity contribution is 6.19. The molecule has 0 saturated heterocycles. The topological polar surface area (TPSA) is 54.4 Å². The van der Waals surface area contributed by atoms with Crippen molar-refractivity contribution in [2.45, 2.75) is 6.92 Å². The van der Waals surface area contributed by atoms with Crippen LogP contribution in [0.25, 0.3) is 6.08 Å². The highest BCUT2D eigenvalue weighted by atomic mass is 19.2. The van der Waals surface area contributed by atoms with Crippen molar-refractivity contribution in [3.8, 4) is 0 Å². The van der Waals surface area contributed by atoms with E-state index in [1.165, 1.54) is 0 Å². The number of rotatable bonds is 3. The summed E-state index contributed by atoms with van der Waals surface area (Å²) < 4.78 is 64.8. The van der Waals surface area contributed by atoms with Crippen molar-refractivity contribution in [2.75, 3.05) is 0 Å². The fourth-order valence-electron chi connectivity index (χ4n) is 1.21. The molecule has 0 aliphatic carbocycles. The normalized spacial score (nSPS) is 11.6. The molecule has 0 aliphatic heterocycles. The Kier molecular flexibility index (Phi) is 4.03. The summed E-state index contributed by atoms with van der Waals surface area (Å²) in [5, 5.41) is 8.58. The third-order valence-electron chi connectivity index (χ3n) is 2.14. The minimum absolute atomic E-state index is 0.0981. The van der Waals surface area contributed by atoms with Gasteiger partial charge in [-0.3, -0.25) is 4.79 Å². The number of benzene rings is 1. The van der Waals surface area contributed by atoms with Crippen LogP contribution < -0.4 is 0 Å². The molecule has 1 N–H and O–H groups in total. The second kappa shape index (κ2) is 5.17. The van der Waals surface area contributed by atoms with E-state index in [2.05, 4.69) is 0 Å². The molecule has 3 nitrogen and oxygen atoms in total. The average molecular weight is 280 g/mol. The third-order valence-corrected chi connectivity index (χ3v) is 2.14. The minimum Gasteiger partial charge on any atom is -0.478 e. The first kappa shape index (κ1) is 14.8. The summed E-state index contributed by atoms with van der Waals surface area (Å²) in [7, 11) is 0. The summed E-state index contributed by atoms with van der Waals surface area (Å²) in [4.78, 5) is 21.5. The van der Waals surface area contributed by atoms with Crippen LogP contribution in [0.15, 0.2) is 5.57 Å². The standard InChI is InChI=1S/C11H5F5O3/c1-3(17)4(11(18)19)2-5-6(12)8(14)10(16)9(15)7(5)13/h2H,1H3,(H,18,19). The molecule has 0 bridgehead atoms. The van der Waals surface area contributed by atoms with Crippen molar-refractivity contribution in [3.05, 3.63) is 40.2 Å². The van der Waals surface area contributed by atoms with Gasteiger partial charge in [-0.05, 0) is 13.0 Å². The average Bonchev–Trinajstić information content (AvgIpc) is 2.33. The number of hydrogen-bond acceptors (Lipinski definition) is 2. The van der Waals surface area contributed by atoms with Gasteiger partial charge in [0.15, 0.2) is 29.1 Å². The number of ketones is 1. The van der Waals surface area contributed by atoms with Crippen LogP contribution in [0.3, 0.4) is 0 Å². The molecule has 0 heterocycles. The van der Waals surface area contributed by atoms with Crippen molar-refractivity contribution in [1.29, 1.82) is 0 Å². The lowest BCUT2D eigenvalue weighted by Crippen LogP contribution is -2.11. The smallest absolute Gasteiger partial charge is 0.339 e. The molecule has 0 atom stereocenters. The number of carbonyl (C=O) groups excluding carboxylic acids is 1.